The molecule has 0 atom stereocenters. The van der Waals surface area contributed by atoms with Gasteiger partial charge in [0.1, 0.15) is 5.75 Å². The Morgan fingerprint density at radius 2 is 2.11 bits per heavy atom. The molecular weight excluding hydrogens is 240 g/mol. The van der Waals surface area contributed by atoms with Crippen molar-refractivity contribution in [3.05, 3.63) is 18.2 Å². The molecule has 4 heteroatoms. The van der Waals surface area contributed by atoms with E-state index in [1.807, 2.05) is 19.1 Å². The van der Waals surface area contributed by atoms with Crippen LogP contribution in [0, 0.1) is 5.92 Å². The van der Waals surface area contributed by atoms with Crippen molar-refractivity contribution in [3.63, 3.8) is 0 Å². The summed E-state index contributed by atoms with van der Waals surface area (Å²) in [7, 11) is 2.12. The van der Waals surface area contributed by atoms with Crippen molar-refractivity contribution < 1.29 is 9.47 Å². The molecule has 106 valence electrons. The van der Waals surface area contributed by atoms with Crippen LogP contribution in [0.4, 0.5) is 11.4 Å². The van der Waals surface area contributed by atoms with Crippen LogP contribution in [0.5, 0.6) is 5.75 Å². The van der Waals surface area contributed by atoms with Gasteiger partial charge >= 0.3 is 0 Å². The van der Waals surface area contributed by atoms with Crippen molar-refractivity contribution in [2.24, 2.45) is 5.92 Å². The number of hydrogen-bond acceptors (Lipinski definition) is 4. The van der Waals surface area contributed by atoms with E-state index >= 15 is 0 Å². The van der Waals surface area contributed by atoms with E-state index in [0.29, 0.717) is 18.2 Å². The Morgan fingerprint density at radius 3 is 2.79 bits per heavy atom. The lowest BCUT2D eigenvalue weighted by Gasteiger charge is -2.28. The normalized spacial score (nSPS) is 16.3. The second-order valence-electron chi connectivity index (χ2n) is 5.09. The fraction of sp³-hybridized carbons (Fsp3) is 0.600. The Kier molecular flexibility index (Phi) is 4.91. The zero-order valence-corrected chi connectivity index (χ0v) is 11.9. The van der Waals surface area contributed by atoms with Gasteiger partial charge in [0.2, 0.25) is 0 Å². The third-order valence-corrected chi connectivity index (χ3v) is 3.61. The molecule has 1 aliphatic rings. The van der Waals surface area contributed by atoms with E-state index in [1.54, 1.807) is 0 Å². The van der Waals surface area contributed by atoms with Crippen LogP contribution in [-0.2, 0) is 4.74 Å². The minimum Gasteiger partial charge on any atom is -0.492 e. The summed E-state index contributed by atoms with van der Waals surface area (Å²) in [5.74, 6) is 1.49. The standard InChI is InChI=1S/C15H24N2O2/c1-3-19-15-10-13(4-5-14(15)16)17(2)11-12-6-8-18-9-7-12/h4-5,10,12H,3,6-9,11,16H2,1-2H3. The lowest BCUT2D eigenvalue weighted by atomic mass is 9.99. The molecule has 0 aliphatic carbocycles. The lowest BCUT2D eigenvalue weighted by molar-refractivity contribution is 0.0685. The van der Waals surface area contributed by atoms with Crippen LogP contribution < -0.4 is 15.4 Å². The summed E-state index contributed by atoms with van der Waals surface area (Å²) in [5, 5.41) is 0. The van der Waals surface area contributed by atoms with Crippen LogP contribution in [0.15, 0.2) is 18.2 Å². The first-order valence-electron chi connectivity index (χ1n) is 7.02. The van der Waals surface area contributed by atoms with Gasteiger partial charge in [-0.05, 0) is 37.8 Å². The van der Waals surface area contributed by atoms with Crippen LogP contribution in [0.3, 0.4) is 0 Å². The van der Waals surface area contributed by atoms with E-state index in [4.69, 9.17) is 15.2 Å². The molecule has 1 aromatic carbocycles. The van der Waals surface area contributed by atoms with E-state index in [2.05, 4.69) is 18.0 Å². The minimum atomic E-state index is 0.636. The molecule has 0 spiro atoms. The number of nitrogen functional groups attached to an aromatic ring is 1. The summed E-state index contributed by atoms with van der Waals surface area (Å²) < 4.78 is 10.9. The molecule has 1 fully saturated rings. The van der Waals surface area contributed by atoms with E-state index in [1.165, 1.54) is 0 Å². The monoisotopic (exact) mass is 264 g/mol. The Balaban J connectivity index is 2.01. The Bertz CT molecular complexity index is 403. The quantitative estimate of drug-likeness (QED) is 0.830. The van der Waals surface area contributed by atoms with E-state index in [-0.39, 0.29) is 0 Å². The first-order valence-corrected chi connectivity index (χ1v) is 7.02. The average Bonchev–Trinajstić information content (AvgIpc) is 2.42. The molecular formula is C15H24N2O2. The van der Waals surface area contributed by atoms with Gasteiger partial charge < -0.3 is 20.1 Å². The molecule has 2 N–H and O–H groups in total. The first-order chi connectivity index (χ1) is 9.20. The van der Waals surface area contributed by atoms with Crippen molar-refractivity contribution >= 4 is 11.4 Å². The highest BCUT2D eigenvalue weighted by Gasteiger charge is 2.16. The largest absolute Gasteiger partial charge is 0.492 e. The van der Waals surface area contributed by atoms with Crippen molar-refractivity contribution in [3.8, 4) is 5.75 Å². The maximum atomic E-state index is 5.90. The molecule has 0 saturated carbocycles. The van der Waals surface area contributed by atoms with Gasteiger partial charge in [-0.25, -0.2) is 0 Å². The highest BCUT2D eigenvalue weighted by Crippen LogP contribution is 2.28. The predicted molar refractivity (Wildman–Crippen MR) is 78.8 cm³/mol. The molecule has 1 aliphatic heterocycles. The highest BCUT2D eigenvalue weighted by atomic mass is 16.5. The van der Waals surface area contributed by atoms with Gasteiger partial charge in [-0.1, -0.05) is 0 Å². The van der Waals surface area contributed by atoms with Crippen LogP contribution >= 0.6 is 0 Å². The maximum absolute atomic E-state index is 5.90. The number of hydrogen-bond donors (Lipinski definition) is 1. The van der Waals surface area contributed by atoms with Gasteiger partial charge in [0.05, 0.1) is 12.3 Å². The number of anilines is 2. The highest BCUT2D eigenvalue weighted by molar-refractivity contribution is 5.62. The van der Waals surface area contributed by atoms with Crippen molar-refractivity contribution in [2.75, 3.05) is 44.0 Å². The summed E-state index contributed by atoms with van der Waals surface area (Å²) in [5.41, 5.74) is 7.76. The predicted octanol–water partition coefficient (Wildman–Crippen LogP) is 2.53. The topological polar surface area (TPSA) is 47.7 Å². The van der Waals surface area contributed by atoms with Crippen molar-refractivity contribution in [1.82, 2.24) is 0 Å². The minimum absolute atomic E-state index is 0.636. The fourth-order valence-electron chi connectivity index (χ4n) is 2.46. The smallest absolute Gasteiger partial charge is 0.144 e. The van der Waals surface area contributed by atoms with Crippen LogP contribution in [0.1, 0.15) is 19.8 Å². The maximum Gasteiger partial charge on any atom is 0.144 e. The second kappa shape index (κ2) is 6.66. The molecule has 1 heterocycles. The van der Waals surface area contributed by atoms with Gasteiger partial charge in [-0.3, -0.25) is 0 Å². The summed E-state index contributed by atoms with van der Waals surface area (Å²) in [6.45, 7) is 5.45. The molecule has 2 rings (SSSR count). The van der Waals surface area contributed by atoms with Crippen LogP contribution in [0.25, 0.3) is 0 Å². The zero-order valence-electron chi connectivity index (χ0n) is 11.9. The van der Waals surface area contributed by atoms with Gasteiger partial charge in [0.25, 0.3) is 0 Å². The molecule has 0 aromatic heterocycles. The Hall–Kier alpha value is -1.42. The third kappa shape index (κ3) is 3.77. The number of rotatable bonds is 5. The van der Waals surface area contributed by atoms with Gasteiger partial charge in [0, 0.05) is 38.6 Å². The Morgan fingerprint density at radius 1 is 1.37 bits per heavy atom. The first kappa shape index (κ1) is 14.0. The number of nitrogens with two attached hydrogens (primary N) is 1. The number of benzene rings is 1. The van der Waals surface area contributed by atoms with Gasteiger partial charge in [-0.2, -0.15) is 0 Å². The molecule has 0 bridgehead atoms. The summed E-state index contributed by atoms with van der Waals surface area (Å²) in [4.78, 5) is 2.28. The molecule has 0 amide bonds. The summed E-state index contributed by atoms with van der Waals surface area (Å²) in [6, 6.07) is 6.00. The van der Waals surface area contributed by atoms with E-state index in [9.17, 15) is 0 Å². The summed E-state index contributed by atoms with van der Waals surface area (Å²) in [6.07, 6.45) is 2.30. The fourth-order valence-corrected chi connectivity index (χ4v) is 2.46. The van der Waals surface area contributed by atoms with Gasteiger partial charge in [0.15, 0.2) is 0 Å². The molecule has 0 unspecified atom stereocenters. The molecule has 19 heavy (non-hydrogen) atoms. The average molecular weight is 264 g/mol. The van der Waals surface area contributed by atoms with Crippen LogP contribution in [0.2, 0.25) is 0 Å². The lowest BCUT2D eigenvalue weighted by Crippen LogP contribution is -2.29. The van der Waals surface area contributed by atoms with E-state index < -0.39 is 0 Å². The SMILES string of the molecule is CCOc1cc(N(C)CC2CCOCC2)ccc1N. The second-order valence-corrected chi connectivity index (χ2v) is 5.09. The molecule has 4 nitrogen and oxygen atoms in total. The Labute approximate surface area is 115 Å². The molecule has 0 radical (unpaired) electrons. The zero-order chi connectivity index (χ0) is 13.7. The summed E-state index contributed by atoms with van der Waals surface area (Å²) >= 11 is 0. The van der Waals surface area contributed by atoms with Crippen LogP contribution in [-0.4, -0.2) is 33.4 Å². The van der Waals surface area contributed by atoms with Gasteiger partial charge in [-0.15, -0.1) is 0 Å². The van der Waals surface area contributed by atoms with Crippen molar-refractivity contribution in [1.29, 1.82) is 0 Å². The third-order valence-electron chi connectivity index (χ3n) is 3.61. The number of ether oxygens (including phenoxy) is 2. The molecule has 1 saturated heterocycles. The van der Waals surface area contributed by atoms with Crippen molar-refractivity contribution in [2.45, 2.75) is 19.8 Å². The molecule has 1 aromatic rings. The number of nitrogens with zero attached hydrogens (tertiary/aromatic N) is 1. The van der Waals surface area contributed by atoms with E-state index in [0.717, 1.165) is 44.0 Å².